The zero-order chi connectivity index (χ0) is 24.0. The average molecular weight is 457 g/mol. The van der Waals surface area contributed by atoms with E-state index in [1.54, 1.807) is 31.6 Å². The van der Waals surface area contributed by atoms with Gasteiger partial charge in [0, 0.05) is 43.3 Å². The molecular weight excluding hydrogens is 430 g/mol. The van der Waals surface area contributed by atoms with Crippen molar-refractivity contribution in [2.24, 2.45) is 0 Å². The molecule has 3 rings (SSSR count). The van der Waals surface area contributed by atoms with Crippen molar-refractivity contribution < 1.29 is 28.5 Å². The summed E-state index contributed by atoms with van der Waals surface area (Å²) < 4.78 is 21.4. The Morgan fingerprint density at radius 1 is 1.18 bits per heavy atom. The number of benzene rings is 1. The lowest BCUT2D eigenvalue weighted by molar-refractivity contribution is -0.121. The van der Waals surface area contributed by atoms with Crippen LogP contribution >= 0.6 is 0 Å². The van der Waals surface area contributed by atoms with Crippen LogP contribution in [-0.2, 0) is 11.2 Å². The molecule has 2 heterocycles. The molecule has 0 spiro atoms. The molecule has 0 aliphatic rings. The third-order valence-electron chi connectivity index (χ3n) is 5.19. The predicted octanol–water partition coefficient (Wildman–Crippen LogP) is 2.28. The number of aromatic nitrogens is 2. The molecule has 0 saturated heterocycles. The highest BCUT2D eigenvalue weighted by molar-refractivity contribution is 5.78. The normalized spacial score (nSPS) is 11.6. The topological polar surface area (TPSA) is 136 Å². The van der Waals surface area contributed by atoms with Gasteiger partial charge in [-0.3, -0.25) is 4.79 Å². The van der Waals surface area contributed by atoms with Gasteiger partial charge in [0.25, 0.3) is 0 Å². The molecule has 1 atom stereocenters. The zero-order valence-electron chi connectivity index (χ0n) is 18.9. The summed E-state index contributed by atoms with van der Waals surface area (Å²) >= 11 is 0. The second-order valence-electron chi connectivity index (χ2n) is 7.34. The summed E-state index contributed by atoms with van der Waals surface area (Å²) in [4.78, 5) is 32.4. The van der Waals surface area contributed by atoms with Gasteiger partial charge in [-0.15, -0.1) is 0 Å². The standard InChI is InChI=1S/C23H27N3O7/c1-13-7-17(27)21(23(29)33-13)16(10-20(28)25-6-5-15-11-24-12-26-15)14-8-18(30-2)22(32-4)19(9-14)31-3/h7-9,11-12,16,27H,5-6,10H2,1-4H3,(H,24,26)(H,25,28). The fourth-order valence-corrected chi connectivity index (χ4v) is 3.63. The molecule has 3 N–H and O–H groups in total. The van der Waals surface area contributed by atoms with Gasteiger partial charge in [-0.05, 0) is 24.6 Å². The number of imidazole rings is 1. The van der Waals surface area contributed by atoms with E-state index in [1.165, 1.54) is 27.4 Å². The summed E-state index contributed by atoms with van der Waals surface area (Å²) in [6.45, 7) is 1.93. The van der Waals surface area contributed by atoms with Crippen LogP contribution < -0.4 is 25.2 Å². The molecule has 0 aliphatic heterocycles. The van der Waals surface area contributed by atoms with E-state index in [1.807, 2.05) is 0 Å². The summed E-state index contributed by atoms with van der Waals surface area (Å²) in [6, 6.07) is 4.63. The van der Waals surface area contributed by atoms with Crippen molar-refractivity contribution in [3.63, 3.8) is 0 Å². The van der Waals surface area contributed by atoms with E-state index >= 15 is 0 Å². The summed E-state index contributed by atoms with van der Waals surface area (Å²) in [6.07, 6.45) is 3.69. The number of ether oxygens (including phenoxy) is 3. The van der Waals surface area contributed by atoms with Crippen LogP contribution in [0.3, 0.4) is 0 Å². The average Bonchev–Trinajstić information content (AvgIpc) is 3.30. The third-order valence-corrected chi connectivity index (χ3v) is 5.19. The highest BCUT2D eigenvalue weighted by Crippen LogP contribution is 2.42. The Hall–Kier alpha value is -3.95. The highest BCUT2D eigenvalue weighted by atomic mass is 16.5. The maximum atomic E-state index is 12.8. The lowest BCUT2D eigenvalue weighted by atomic mass is 9.88. The van der Waals surface area contributed by atoms with E-state index in [2.05, 4.69) is 15.3 Å². The SMILES string of the molecule is COc1cc(C(CC(=O)NCCc2cnc[nH]2)c2c(O)cc(C)oc2=O)cc(OC)c1OC. The van der Waals surface area contributed by atoms with Crippen LogP contribution in [0.4, 0.5) is 0 Å². The number of aromatic amines is 1. The molecule has 10 nitrogen and oxygen atoms in total. The number of hydrogen-bond acceptors (Lipinski definition) is 8. The van der Waals surface area contributed by atoms with Crippen LogP contribution in [0.15, 0.2) is 39.9 Å². The number of amides is 1. The van der Waals surface area contributed by atoms with Crippen LogP contribution in [0.2, 0.25) is 0 Å². The number of aromatic hydroxyl groups is 1. The molecule has 0 radical (unpaired) electrons. The number of nitrogens with zero attached hydrogens (tertiary/aromatic N) is 1. The molecule has 2 aromatic heterocycles. The number of carbonyl (C=O) groups is 1. The molecule has 0 bridgehead atoms. The van der Waals surface area contributed by atoms with E-state index < -0.39 is 11.5 Å². The summed E-state index contributed by atoms with van der Waals surface area (Å²) in [5.41, 5.74) is 0.642. The number of methoxy groups -OCH3 is 3. The number of hydrogen-bond donors (Lipinski definition) is 3. The molecule has 0 aliphatic carbocycles. The van der Waals surface area contributed by atoms with Crippen molar-refractivity contribution in [2.45, 2.75) is 25.7 Å². The van der Waals surface area contributed by atoms with Crippen molar-refractivity contribution in [2.75, 3.05) is 27.9 Å². The minimum atomic E-state index is -0.831. The van der Waals surface area contributed by atoms with Gasteiger partial charge < -0.3 is 34.0 Å². The Morgan fingerprint density at radius 2 is 1.88 bits per heavy atom. The maximum absolute atomic E-state index is 12.8. The zero-order valence-corrected chi connectivity index (χ0v) is 18.9. The van der Waals surface area contributed by atoms with Crippen LogP contribution in [-0.4, -0.2) is 48.9 Å². The summed E-state index contributed by atoms with van der Waals surface area (Å²) in [5.74, 6) is -0.0660. The second-order valence-corrected chi connectivity index (χ2v) is 7.34. The van der Waals surface area contributed by atoms with E-state index in [0.29, 0.717) is 35.8 Å². The monoisotopic (exact) mass is 457 g/mol. The van der Waals surface area contributed by atoms with E-state index in [4.69, 9.17) is 18.6 Å². The molecule has 1 amide bonds. The van der Waals surface area contributed by atoms with Crippen molar-refractivity contribution in [3.05, 3.63) is 63.7 Å². The van der Waals surface area contributed by atoms with Crippen LogP contribution in [0.5, 0.6) is 23.0 Å². The number of rotatable bonds is 10. The van der Waals surface area contributed by atoms with E-state index in [9.17, 15) is 14.7 Å². The number of aryl methyl sites for hydroxylation is 1. The highest BCUT2D eigenvalue weighted by Gasteiger charge is 2.28. The summed E-state index contributed by atoms with van der Waals surface area (Å²) in [7, 11) is 4.41. The second kappa shape index (κ2) is 10.6. The molecule has 10 heteroatoms. The largest absolute Gasteiger partial charge is 0.507 e. The number of nitrogens with one attached hydrogen (secondary N) is 2. The Balaban J connectivity index is 1.98. The Bertz CT molecular complexity index is 1130. The van der Waals surface area contributed by atoms with Crippen LogP contribution in [0, 0.1) is 6.92 Å². The lowest BCUT2D eigenvalue weighted by Gasteiger charge is -2.21. The van der Waals surface area contributed by atoms with E-state index in [0.717, 1.165) is 5.69 Å². The molecule has 1 aromatic carbocycles. The van der Waals surface area contributed by atoms with Gasteiger partial charge in [0.15, 0.2) is 11.5 Å². The van der Waals surface area contributed by atoms with Crippen molar-refractivity contribution in [1.82, 2.24) is 15.3 Å². The lowest BCUT2D eigenvalue weighted by Crippen LogP contribution is -2.28. The van der Waals surface area contributed by atoms with Crippen molar-refractivity contribution in [3.8, 4) is 23.0 Å². The fourth-order valence-electron chi connectivity index (χ4n) is 3.63. The van der Waals surface area contributed by atoms with Gasteiger partial charge >= 0.3 is 5.63 Å². The minimum absolute atomic E-state index is 0.0291. The Morgan fingerprint density at radius 3 is 2.42 bits per heavy atom. The first-order chi connectivity index (χ1) is 15.9. The van der Waals surface area contributed by atoms with Gasteiger partial charge in [-0.25, -0.2) is 9.78 Å². The number of H-pyrrole nitrogens is 1. The van der Waals surface area contributed by atoms with Gasteiger partial charge in [-0.2, -0.15) is 0 Å². The third kappa shape index (κ3) is 5.46. The Kier molecular flexibility index (Phi) is 7.60. The minimum Gasteiger partial charge on any atom is -0.507 e. The molecule has 1 unspecified atom stereocenters. The quantitative estimate of drug-likeness (QED) is 0.422. The summed E-state index contributed by atoms with van der Waals surface area (Å²) in [5, 5.41) is 13.4. The molecular formula is C23H27N3O7. The first-order valence-corrected chi connectivity index (χ1v) is 10.2. The van der Waals surface area contributed by atoms with Crippen LogP contribution in [0.1, 0.15) is 34.9 Å². The van der Waals surface area contributed by atoms with Gasteiger partial charge in [-0.1, -0.05) is 0 Å². The maximum Gasteiger partial charge on any atom is 0.343 e. The fraction of sp³-hybridized carbons (Fsp3) is 0.348. The molecule has 0 fully saturated rings. The Labute approximate surface area is 190 Å². The molecule has 176 valence electrons. The first-order valence-electron chi connectivity index (χ1n) is 10.2. The van der Waals surface area contributed by atoms with Gasteiger partial charge in [0.2, 0.25) is 11.7 Å². The van der Waals surface area contributed by atoms with Crippen LogP contribution in [0.25, 0.3) is 0 Å². The predicted molar refractivity (Wildman–Crippen MR) is 119 cm³/mol. The molecule has 3 aromatic rings. The molecule has 33 heavy (non-hydrogen) atoms. The number of carbonyl (C=O) groups excluding carboxylic acids is 1. The van der Waals surface area contributed by atoms with Crippen molar-refractivity contribution in [1.29, 1.82) is 0 Å². The smallest absolute Gasteiger partial charge is 0.343 e. The van der Waals surface area contributed by atoms with Gasteiger partial charge in [0.1, 0.15) is 11.5 Å². The first kappa shape index (κ1) is 23.7. The van der Waals surface area contributed by atoms with Crippen molar-refractivity contribution >= 4 is 5.91 Å². The van der Waals surface area contributed by atoms with E-state index in [-0.39, 0.29) is 29.4 Å². The molecule has 0 saturated carbocycles. The van der Waals surface area contributed by atoms with Gasteiger partial charge in [0.05, 0.1) is 33.2 Å².